The maximum atomic E-state index is 12.5. The largest absolute Gasteiger partial charge is 0.342 e. The first-order chi connectivity index (χ1) is 11.7. The maximum Gasteiger partial charge on any atom is 0.263 e. The van der Waals surface area contributed by atoms with Gasteiger partial charge >= 0.3 is 0 Å². The number of benzene rings is 1. The molecule has 1 aliphatic rings. The number of nitrogens with zero attached hydrogens (tertiary/aromatic N) is 2. The van der Waals surface area contributed by atoms with Gasteiger partial charge in [-0.25, -0.2) is 4.98 Å². The molecule has 1 aromatic carbocycles. The molecule has 0 saturated carbocycles. The van der Waals surface area contributed by atoms with Crippen LogP contribution in [0.4, 0.5) is 0 Å². The standard InChI is InChI=1S/C19H21N3OS/c1-22(19(23)17-12-13-6-4-9-16(13)24-17)11-5-10-18-20-14-7-2-3-8-15(14)21-18/h2-3,7-8,12H,4-6,9-11H2,1H3,(H,20,21). The first-order valence-electron chi connectivity index (χ1n) is 8.51. The Balaban J connectivity index is 1.33. The van der Waals surface area contributed by atoms with Gasteiger partial charge in [-0.2, -0.15) is 0 Å². The van der Waals surface area contributed by atoms with E-state index in [1.54, 1.807) is 11.3 Å². The summed E-state index contributed by atoms with van der Waals surface area (Å²) in [7, 11) is 1.89. The molecule has 5 heteroatoms. The van der Waals surface area contributed by atoms with Gasteiger partial charge in [-0.1, -0.05) is 12.1 Å². The lowest BCUT2D eigenvalue weighted by atomic mass is 10.2. The quantitative estimate of drug-likeness (QED) is 0.768. The molecule has 0 saturated heterocycles. The van der Waals surface area contributed by atoms with E-state index >= 15 is 0 Å². The average Bonchev–Trinajstić information content (AvgIpc) is 3.27. The highest BCUT2D eigenvalue weighted by atomic mass is 32.1. The predicted octanol–water partition coefficient (Wildman–Crippen LogP) is 3.82. The molecule has 2 aromatic heterocycles. The number of H-pyrrole nitrogens is 1. The number of aromatic amines is 1. The summed E-state index contributed by atoms with van der Waals surface area (Å²) in [6, 6.07) is 10.2. The minimum absolute atomic E-state index is 0.152. The van der Waals surface area contributed by atoms with Crippen LogP contribution in [0.2, 0.25) is 0 Å². The third-order valence-corrected chi connectivity index (χ3v) is 5.87. The molecule has 24 heavy (non-hydrogen) atoms. The molecule has 0 aliphatic heterocycles. The van der Waals surface area contributed by atoms with E-state index < -0.39 is 0 Å². The number of para-hydroxylation sites is 2. The lowest BCUT2D eigenvalue weighted by Crippen LogP contribution is -2.27. The van der Waals surface area contributed by atoms with Gasteiger partial charge in [0.1, 0.15) is 5.82 Å². The molecule has 0 atom stereocenters. The van der Waals surface area contributed by atoms with Crippen molar-refractivity contribution < 1.29 is 4.79 Å². The van der Waals surface area contributed by atoms with E-state index in [1.807, 2.05) is 36.2 Å². The lowest BCUT2D eigenvalue weighted by molar-refractivity contribution is 0.0798. The molecule has 0 radical (unpaired) electrons. The molecule has 0 fully saturated rings. The van der Waals surface area contributed by atoms with Gasteiger partial charge in [0.25, 0.3) is 5.91 Å². The van der Waals surface area contributed by atoms with Crippen LogP contribution in [0.15, 0.2) is 30.3 Å². The topological polar surface area (TPSA) is 49.0 Å². The smallest absolute Gasteiger partial charge is 0.263 e. The van der Waals surface area contributed by atoms with E-state index in [0.29, 0.717) is 0 Å². The van der Waals surface area contributed by atoms with Gasteiger partial charge in [0.05, 0.1) is 15.9 Å². The van der Waals surface area contributed by atoms with Crippen molar-refractivity contribution in [2.75, 3.05) is 13.6 Å². The highest BCUT2D eigenvalue weighted by molar-refractivity contribution is 7.14. The summed E-state index contributed by atoms with van der Waals surface area (Å²) in [6.45, 7) is 0.748. The minimum atomic E-state index is 0.152. The van der Waals surface area contributed by atoms with E-state index in [-0.39, 0.29) is 5.91 Å². The van der Waals surface area contributed by atoms with Crippen LogP contribution in [-0.2, 0) is 19.3 Å². The van der Waals surface area contributed by atoms with Crippen LogP contribution in [0.1, 0.15) is 38.8 Å². The average molecular weight is 339 g/mol. The van der Waals surface area contributed by atoms with E-state index in [4.69, 9.17) is 0 Å². The normalized spacial score (nSPS) is 13.4. The predicted molar refractivity (Wildman–Crippen MR) is 97.7 cm³/mol. The van der Waals surface area contributed by atoms with Gasteiger partial charge in [-0.15, -0.1) is 11.3 Å². The molecule has 4 rings (SSSR count). The fourth-order valence-electron chi connectivity index (χ4n) is 3.33. The van der Waals surface area contributed by atoms with Crippen LogP contribution in [0.3, 0.4) is 0 Å². The Labute approximate surface area is 145 Å². The second kappa shape index (κ2) is 6.40. The van der Waals surface area contributed by atoms with Crippen LogP contribution in [0.5, 0.6) is 0 Å². The molecule has 1 aliphatic carbocycles. The number of hydrogen-bond acceptors (Lipinski definition) is 3. The van der Waals surface area contributed by atoms with Crippen LogP contribution < -0.4 is 0 Å². The highest BCUT2D eigenvalue weighted by Gasteiger charge is 2.20. The van der Waals surface area contributed by atoms with Crippen LogP contribution in [-0.4, -0.2) is 34.4 Å². The number of fused-ring (bicyclic) bond motifs is 2. The van der Waals surface area contributed by atoms with E-state index in [0.717, 1.165) is 54.0 Å². The van der Waals surface area contributed by atoms with Gasteiger partial charge in [-0.3, -0.25) is 4.79 Å². The van der Waals surface area contributed by atoms with Crippen molar-refractivity contribution in [1.29, 1.82) is 0 Å². The molecule has 124 valence electrons. The van der Waals surface area contributed by atoms with Gasteiger partial charge < -0.3 is 9.88 Å². The van der Waals surface area contributed by atoms with Gasteiger partial charge in [0, 0.05) is 24.9 Å². The summed E-state index contributed by atoms with van der Waals surface area (Å²) >= 11 is 1.68. The Bertz CT molecular complexity index is 825. The number of aryl methyl sites for hydroxylation is 3. The van der Waals surface area contributed by atoms with Crippen molar-refractivity contribution in [3.05, 3.63) is 51.5 Å². The number of aromatic nitrogens is 2. The molecule has 0 unspecified atom stereocenters. The van der Waals surface area contributed by atoms with Gasteiger partial charge in [-0.05, 0) is 49.4 Å². The van der Waals surface area contributed by atoms with Crippen molar-refractivity contribution in [2.24, 2.45) is 0 Å². The molecule has 0 spiro atoms. The molecule has 4 nitrogen and oxygen atoms in total. The van der Waals surface area contributed by atoms with Gasteiger partial charge in [0.2, 0.25) is 0 Å². The van der Waals surface area contributed by atoms with Crippen LogP contribution in [0.25, 0.3) is 11.0 Å². The minimum Gasteiger partial charge on any atom is -0.342 e. The summed E-state index contributed by atoms with van der Waals surface area (Å²) in [5.41, 5.74) is 3.47. The molecule has 0 bridgehead atoms. The summed E-state index contributed by atoms with van der Waals surface area (Å²) < 4.78 is 0. The Hall–Kier alpha value is -2.14. The zero-order chi connectivity index (χ0) is 16.5. The molecule has 1 N–H and O–H groups in total. The van der Waals surface area contributed by atoms with Crippen molar-refractivity contribution in [2.45, 2.75) is 32.1 Å². The Morgan fingerprint density at radius 3 is 3.04 bits per heavy atom. The highest BCUT2D eigenvalue weighted by Crippen LogP contribution is 2.31. The van der Waals surface area contributed by atoms with Crippen molar-refractivity contribution in [3.8, 4) is 0 Å². The second-order valence-corrected chi connectivity index (χ2v) is 7.58. The van der Waals surface area contributed by atoms with Crippen LogP contribution in [0, 0.1) is 0 Å². The van der Waals surface area contributed by atoms with Crippen molar-refractivity contribution in [1.82, 2.24) is 14.9 Å². The van der Waals surface area contributed by atoms with Crippen LogP contribution >= 0.6 is 11.3 Å². The maximum absolute atomic E-state index is 12.5. The number of nitrogens with one attached hydrogen (secondary N) is 1. The number of thiophene rings is 1. The zero-order valence-electron chi connectivity index (χ0n) is 13.8. The number of hydrogen-bond donors (Lipinski definition) is 1. The molecular weight excluding hydrogens is 318 g/mol. The van der Waals surface area contributed by atoms with E-state index in [1.165, 1.54) is 16.9 Å². The molecule has 1 amide bonds. The summed E-state index contributed by atoms with van der Waals surface area (Å²) in [5, 5.41) is 0. The third-order valence-electron chi connectivity index (χ3n) is 4.65. The molecule has 2 heterocycles. The van der Waals surface area contributed by atoms with Crippen molar-refractivity contribution >= 4 is 28.3 Å². The molecular formula is C19H21N3OS. The monoisotopic (exact) mass is 339 g/mol. The Kier molecular flexibility index (Phi) is 4.10. The summed E-state index contributed by atoms with van der Waals surface area (Å²) in [6.07, 6.45) is 5.28. The van der Waals surface area contributed by atoms with Gasteiger partial charge in [0.15, 0.2) is 0 Å². The lowest BCUT2D eigenvalue weighted by Gasteiger charge is -2.15. The SMILES string of the molecule is CN(CCCc1nc2ccccc2[nH]1)C(=O)c1cc2c(s1)CCC2. The zero-order valence-corrected chi connectivity index (χ0v) is 14.7. The Morgan fingerprint density at radius 1 is 1.33 bits per heavy atom. The number of carbonyl (C=O) groups is 1. The number of imidazole rings is 1. The Morgan fingerprint density at radius 2 is 2.21 bits per heavy atom. The summed E-state index contributed by atoms with van der Waals surface area (Å²) in [4.78, 5) is 24.6. The molecule has 3 aromatic rings. The third kappa shape index (κ3) is 2.96. The first-order valence-corrected chi connectivity index (χ1v) is 9.33. The summed E-state index contributed by atoms with van der Waals surface area (Å²) in [5.74, 6) is 1.14. The number of rotatable bonds is 5. The van der Waals surface area contributed by atoms with Crippen molar-refractivity contribution in [3.63, 3.8) is 0 Å². The second-order valence-electron chi connectivity index (χ2n) is 6.44. The number of amides is 1. The number of carbonyl (C=O) groups excluding carboxylic acids is 1. The first kappa shape index (κ1) is 15.4. The fourth-order valence-corrected chi connectivity index (χ4v) is 4.58. The van der Waals surface area contributed by atoms with E-state index in [9.17, 15) is 4.79 Å². The fraction of sp³-hybridized carbons (Fsp3) is 0.368. The van der Waals surface area contributed by atoms with E-state index in [2.05, 4.69) is 16.0 Å².